The van der Waals surface area contributed by atoms with E-state index < -0.39 is 0 Å². The lowest BCUT2D eigenvalue weighted by Gasteiger charge is -2.13. The summed E-state index contributed by atoms with van der Waals surface area (Å²) in [6.07, 6.45) is 0. The summed E-state index contributed by atoms with van der Waals surface area (Å²) >= 11 is 6.86. The van der Waals surface area contributed by atoms with Gasteiger partial charge in [-0.1, -0.05) is 28.1 Å². The van der Waals surface area contributed by atoms with E-state index in [-0.39, 0.29) is 12.5 Å². The summed E-state index contributed by atoms with van der Waals surface area (Å²) in [6, 6.07) is 11.1. The van der Waals surface area contributed by atoms with Crippen molar-refractivity contribution >= 4 is 43.5 Å². The van der Waals surface area contributed by atoms with Gasteiger partial charge in [-0.05, 0) is 59.6 Å². The van der Waals surface area contributed by atoms with Crippen LogP contribution in [-0.4, -0.2) is 19.1 Å². The number of hydrogen-bond donors (Lipinski definition) is 1. The van der Waals surface area contributed by atoms with E-state index in [1.54, 1.807) is 6.07 Å². The van der Waals surface area contributed by atoms with Crippen molar-refractivity contribution in [1.29, 1.82) is 0 Å². The van der Waals surface area contributed by atoms with E-state index in [2.05, 4.69) is 37.2 Å². The molecule has 0 bridgehead atoms. The number of anilines is 1. The van der Waals surface area contributed by atoms with Crippen LogP contribution in [0.4, 0.5) is 5.69 Å². The van der Waals surface area contributed by atoms with Gasteiger partial charge in [0.15, 0.2) is 6.61 Å². The summed E-state index contributed by atoms with van der Waals surface area (Å²) < 4.78 is 12.9. The molecule has 0 aromatic heterocycles. The zero-order valence-electron chi connectivity index (χ0n) is 12.9. The van der Waals surface area contributed by atoms with Crippen LogP contribution in [0, 0.1) is 6.92 Å². The van der Waals surface area contributed by atoms with Crippen LogP contribution in [0.2, 0.25) is 0 Å². The molecule has 2 aromatic rings. The largest absolute Gasteiger partial charge is 0.492 e. The molecule has 6 heteroatoms. The molecule has 0 heterocycles. The SMILES string of the molecule is CCOc1ccccc1NC(=O)COc1c(C)cc(Br)cc1Br. The van der Waals surface area contributed by atoms with E-state index in [9.17, 15) is 4.79 Å². The van der Waals surface area contributed by atoms with Crippen molar-refractivity contribution < 1.29 is 14.3 Å². The van der Waals surface area contributed by atoms with E-state index >= 15 is 0 Å². The standard InChI is InChI=1S/C17H17Br2NO3/c1-3-22-15-7-5-4-6-14(15)20-16(21)10-23-17-11(2)8-12(18)9-13(17)19/h4-9H,3,10H2,1-2H3,(H,20,21). The van der Waals surface area contributed by atoms with Crippen LogP contribution in [0.15, 0.2) is 45.3 Å². The third-order valence-electron chi connectivity index (χ3n) is 3.00. The van der Waals surface area contributed by atoms with Gasteiger partial charge in [-0.3, -0.25) is 4.79 Å². The first kappa shape index (κ1) is 17.8. The molecule has 0 atom stereocenters. The van der Waals surface area contributed by atoms with Gasteiger partial charge >= 0.3 is 0 Å². The third-order valence-corrected chi connectivity index (χ3v) is 4.05. The predicted molar refractivity (Wildman–Crippen MR) is 98.3 cm³/mol. The molecule has 1 N–H and O–H groups in total. The number of rotatable bonds is 6. The van der Waals surface area contributed by atoms with Gasteiger partial charge in [-0.15, -0.1) is 0 Å². The Morgan fingerprint density at radius 1 is 1.17 bits per heavy atom. The summed E-state index contributed by atoms with van der Waals surface area (Å²) in [5.74, 6) is 1.05. The van der Waals surface area contributed by atoms with E-state index in [4.69, 9.17) is 9.47 Å². The first-order chi connectivity index (χ1) is 11.0. The van der Waals surface area contributed by atoms with Gasteiger partial charge in [0.1, 0.15) is 11.5 Å². The molecular formula is C17H17Br2NO3. The summed E-state index contributed by atoms with van der Waals surface area (Å²) in [4.78, 5) is 12.1. The van der Waals surface area contributed by atoms with Gasteiger partial charge in [0.25, 0.3) is 5.91 Å². The van der Waals surface area contributed by atoms with Crippen LogP contribution in [0.1, 0.15) is 12.5 Å². The number of carbonyl (C=O) groups excluding carboxylic acids is 1. The lowest BCUT2D eigenvalue weighted by atomic mass is 10.2. The zero-order valence-corrected chi connectivity index (χ0v) is 16.0. The lowest BCUT2D eigenvalue weighted by molar-refractivity contribution is -0.118. The normalized spacial score (nSPS) is 10.3. The zero-order chi connectivity index (χ0) is 16.8. The number of ether oxygens (including phenoxy) is 2. The van der Waals surface area contributed by atoms with Crippen LogP contribution in [-0.2, 0) is 4.79 Å². The second kappa shape index (κ2) is 8.36. The number of nitrogens with one attached hydrogen (secondary N) is 1. The number of halogens is 2. The van der Waals surface area contributed by atoms with E-state index in [0.29, 0.717) is 23.8 Å². The number of amides is 1. The predicted octanol–water partition coefficient (Wildman–Crippen LogP) is 4.94. The molecule has 0 aliphatic heterocycles. The van der Waals surface area contributed by atoms with E-state index in [1.165, 1.54) is 0 Å². The Balaban J connectivity index is 2.01. The highest BCUT2D eigenvalue weighted by atomic mass is 79.9. The minimum absolute atomic E-state index is 0.0818. The number of benzene rings is 2. The molecule has 0 saturated carbocycles. The minimum atomic E-state index is -0.244. The molecule has 122 valence electrons. The number of aryl methyl sites for hydroxylation is 1. The molecule has 0 saturated heterocycles. The van der Waals surface area contributed by atoms with Crippen molar-refractivity contribution in [3.8, 4) is 11.5 Å². The second-order valence-electron chi connectivity index (χ2n) is 4.80. The monoisotopic (exact) mass is 441 g/mol. The molecule has 0 radical (unpaired) electrons. The van der Waals surface area contributed by atoms with E-state index in [0.717, 1.165) is 14.5 Å². The Kier molecular flexibility index (Phi) is 6.47. The minimum Gasteiger partial charge on any atom is -0.492 e. The van der Waals surface area contributed by atoms with Crippen LogP contribution in [0.5, 0.6) is 11.5 Å². The van der Waals surface area contributed by atoms with Crippen molar-refractivity contribution in [3.63, 3.8) is 0 Å². The number of para-hydroxylation sites is 2. The van der Waals surface area contributed by atoms with Crippen molar-refractivity contribution in [3.05, 3.63) is 50.9 Å². The molecule has 0 fully saturated rings. The maximum atomic E-state index is 12.1. The van der Waals surface area contributed by atoms with Crippen LogP contribution >= 0.6 is 31.9 Å². The van der Waals surface area contributed by atoms with Crippen molar-refractivity contribution in [2.45, 2.75) is 13.8 Å². The third kappa shape index (κ3) is 4.97. The van der Waals surface area contributed by atoms with Gasteiger partial charge in [0.05, 0.1) is 16.8 Å². The molecule has 2 rings (SSSR count). The Labute approximate surface area is 152 Å². The molecule has 0 aliphatic carbocycles. The van der Waals surface area contributed by atoms with Gasteiger partial charge in [-0.2, -0.15) is 0 Å². The highest BCUT2D eigenvalue weighted by molar-refractivity contribution is 9.11. The van der Waals surface area contributed by atoms with Crippen LogP contribution in [0.25, 0.3) is 0 Å². The smallest absolute Gasteiger partial charge is 0.262 e. The van der Waals surface area contributed by atoms with Crippen molar-refractivity contribution in [2.75, 3.05) is 18.5 Å². The quantitative estimate of drug-likeness (QED) is 0.689. The topological polar surface area (TPSA) is 47.6 Å². The summed E-state index contributed by atoms with van der Waals surface area (Å²) in [7, 11) is 0. The lowest BCUT2D eigenvalue weighted by Crippen LogP contribution is -2.21. The Morgan fingerprint density at radius 3 is 2.61 bits per heavy atom. The van der Waals surface area contributed by atoms with Gasteiger partial charge in [0.2, 0.25) is 0 Å². The molecular weight excluding hydrogens is 426 g/mol. The first-order valence-electron chi connectivity index (χ1n) is 7.11. The highest BCUT2D eigenvalue weighted by Gasteiger charge is 2.11. The first-order valence-corrected chi connectivity index (χ1v) is 8.70. The molecule has 0 aliphatic rings. The molecule has 0 unspecified atom stereocenters. The average Bonchev–Trinajstić information content (AvgIpc) is 2.48. The molecule has 4 nitrogen and oxygen atoms in total. The molecule has 23 heavy (non-hydrogen) atoms. The molecule has 2 aromatic carbocycles. The summed E-state index contributed by atoms with van der Waals surface area (Å²) in [6.45, 7) is 4.28. The second-order valence-corrected chi connectivity index (χ2v) is 6.57. The fraction of sp³-hybridized carbons (Fsp3) is 0.235. The van der Waals surface area contributed by atoms with Crippen LogP contribution in [0.3, 0.4) is 0 Å². The Hall–Kier alpha value is -1.53. The molecule has 1 amide bonds. The maximum absolute atomic E-state index is 12.1. The van der Waals surface area contributed by atoms with Crippen LogP contribution < -0.4 is 14.8 Å². The van der Waals surface area contributed by atoms with Gasteiger partial charge in [0, 0.05) is 4.47 Å². The van der Waals surface area contributed by atoms with Crippen molar-refractivity contribution in [1.82, 2.24) is 0 Å². The maximum Gasteiger partial charge on any atom is 0.262 e. The van der Waals surface area contributed by atoms with Crippen molar-refractivity contribution in [2.24, 2.45) is 0 Å². The Morgan fingerprint density at radius 2 is 1.91 bits per heavy atom. The van der Waals surface area contributed by atoms with E-state index in [1.807, 2.05) is 44.2 Å². The van der Waals surface area contributed by atoms with Gasteiger partial charge < -0.3 is 14.8 Å². The average molecular weight is 443 g/mol. The highest BCUT2D eigenvalue weighted by Crippen LogP contribution is 2.32. The number of carbonyl (C=O) groups is 1. The van der Waals surface area contributed by atoms with Gasteiger partial charge in [-0.25, -0.2) is 0 Å². The number of hydrogen-bond acceptors (Lipinski definition) is 3. The summed E-state index contributed by atoms with van der Waals surface area (Å²) in [5, 5.41) is 2.80. The fourth-order valence-electron chi connectivity index (χ4n) is 2.05. The fourth-order valence-corrected chi connectivity index (χ4v) is 3.60. The molecule has 0 spiro atoms. The Bertz CT molecular complexity index is 681. The summed E-state index contributed by atoms with van der Waals surface area (Å²) in [5.41, 5.74) is 1.57.